The molecule has 17 nitrogen and oxygen atoms in total. The molecule has 0 radical (unpaired) electrons. The third kappa shape index (κ3) is 8.31. The lowest BCUT2D eigenvalue weighted by Crippen LogP contribution is -2.54. The molecule has 68 heavy (non-hydrogen) atoms. The molecule has 0 bridgehead atoms. The highest BCUT2D eigenvalue weighted by atomic mass is 19.2. The van der Waals surface area contributed by atoms with E-state index < -0.39 is 47.3 Å². The maximum atomic E-state index is 14.6. The SMILES string of the molecule is Cc1noc(C)c1-c1ccc2c(c1)nc([C@@H]1CCCC(=O)N1c1ccc(F)c(F)c1)n2C1CCN(CC(=O)N2CCN(CCNc3cccc4c3C(=O)N(C3CCC(=O)NC3=O)C4=O)CC2)CC1. The summed E-state index contributed by atoms with van der Waals surface area (Å²) >= 11 is 0. The van der Waals surface area contributed by atoms with Crippen molar-refractivity contribution >= 4 is 57.9 Å². The van der Waals surface area contributed by atoms with Gasteiger partial charge in [0.2, 0.25) is 23.6 Å². The summed E-state index contributed by atoms with van der Waals surface area (Å²) in [7, 11) is 0. The summed E-state index contributed by atoms with van der Waals surface area (Å²) in [6, 6.07) is 13.1. The Labute approximate surface area is 390 Å². The van der Waals surface area contributed by atoms with E-state index in [0.717, 1.165) is 57.7 Å². The molecule has 6 amide bonds. The second-order valence-electron chi connectivity index (χ2n) is 18.3. The van der Waals surface area contributed by atoms with Gasteiger partial charge in [-0.1, -0.05) is 17.3 Å². The van der Waals surface area contributed by atoms with Crippen LogP contribution in [-0.2, 0) is 19.2 Å². The predicted octanol–water partition coefficient (Wildman–Crippen LogP) is 5.14. The molecule has 5 aliphatic rings. The predicted molar refractivity (Wildman–Crippen MR) is 244 cm³/mol. The van der Waals surface area contributed by atoms with E-state index in [-0.39, 0.29) is 60.5 Å². The van der Waals surface area contributed by atoms with Crippen LogP contribution in [0.1, 0.15) is 95.0 Å². The number of aryl methyl sites for hydroxylation is 2. The van der Waals surface area contributed by atoms with Crippen molar-refractivity contribution in [2.45, 2.75) is 76.9 Å². The van der Waals surface area contributed by atoms with E-state index in [1.807, 2.05) is 36.9 Å². The molecule has 7 heterocycles. The molecule has 0 spiro atoms. The molecule has 4 fully saturated rings. The van der Waals surface area contributed by atoms with E-state index in [4.69, 9.17) is 9.51 Å². The van der Waals surface area contributed by atoms with Gasteiger partial charge in [0.1, 0.15) is 17.6 Å². The number of benzene rings is 3. The number of imidazole rings is 1. The Balaban J connectivity index is 0.772. The molecule has 2 N–H and O–H groups in total. The Morgan fingerprint density at radius 1 is 0.809 bits per heavy atom. The summed E-state index contributed by atoms with van der Waals surface area (Å²) in [4.78, 5) is 92.4. The van der Waals surface area contributed by atoms with Gasteiger partial charge in [0, 0.05) is 94.2 Å². The van der Waals surface area contributed by atoms with E-state index in [1.165, 1.54) is 6.07 Å². The fourth-order valence-electron chi connectivity index (χ4n) is 10.7. The minimum Gasteiger partial charge on any atom is -0.383 e. The van der Waals surface area contributed by atoms with Gasteiger partial charge in [-0.25, -0.2) is 13.8 Å². The number of fused-ring (bicyclic) bond motifs is 2. The number of rotatable bonds is 11. The molecule has 4 saturated heterocycles. The topological polar surface area (TPSA) is 187 Å². The number of nitrogens with zero attached hydrogens (tertiary/aromatic N) is 8. The second-order valence-corrected chi connectivity index (χ2v) is 18.3. The Hall–Kier alpha value is -6.86. The van der Waals surface area contributed by atoms with Gasteiger partial charge >= 0.3 is 0 Å². The second kappa shape index (κ2) is 18.3. The van der Waals surface area contributed by atoms with E-state index in [2.05, 4.69) is 30.2 Å². The number of piperazine rings is 1. The molecule has 0 aliphatic carbocycles. The number of aromatic nitrogens is 3. The van der Waals surface area contributed by atoms with Crippen LogP contribution in [-0.4, -0.2) is 135 Å². The normalized spacial score (nSPS) is 21.0. The van der Waals surface area contributed by atoms with Crippen molar-refractivity contribution in [3.8, 4) is 11.1 Å². The lowest BCUT2D eigenvalue weighted by atomic mass is 9.98. The number of carbonyl (C=O) groups excluding carboxylic acids is 6. The fraction of sp³-hybridized carbons (Fsp3) is 0.429. The van der Waals surface area contributed by atoms with Crippen molar-refractivity contribution in [3.05, 3.63) is 94.6 Å². The summed E-state index contributed by atoms with van der Waals surface area (Å²) < 4.78 is 36.5. The van der Waals surface area contributed by atoms with Gasteiger partial charge in [-0.2, -0.15) is 0 Å². The fourth-order valence-corrected chi connectivity index (χ4v) is 10.7. The molecular formula is C49H52F2N10O7. The number of likely N-dealkylation sites (tertiary alicyclic amines) is 1. The Kier molecular flexibility index (Phi) is 12.1. The average Bonchev–Trinajstić information content (AvgIpc) is 3.96. The molecule has 1 unspecified atom stereocenters. The van der Waals surface area contributed by atoms with Crippen molar-refractivity contribution in [2.75, 3.05) is 69.1 Å². The third-order valence-electron chi connectivity index (χ3n) is 14.2. The zero-order valence-corrected chi connectivity index (χ0v) is 37.9. The van der Waals surface area contributed by atoms with Crippen LogP contribution in [0.15, 0.2) is 59.1 Å². The number of nitrogens with one attached hydrogen (secondary N) is 2. The number of anilines is 2. The summed E-state index contributed by atoms with van der Waals surface area (Å²) in [6.07, 6.45) is 3.08. The Bertz CT molecular complexity index is 2840. The van der Waals surface area contributed by atoms with Gasteiger partial charge < -0.3 is 24.2 Å². The minimum absolute atomic E-state index is 0.00733. The first kappa shape index (κ1) is 44.9. The summed E-state index contributed by atoms with van der Waals surface area (Å²) in [5, 5.41) is 9.68. The van der Waals surface area contributed by atoms with Crippen LogP contribution in [0.5, 0.6) is 0 Å². The third-order valence-corrected chi connectivity index (χ3v) is 14.2. The lowest BCUT2D eigenvalue weighted by molar-refractivity contribution is -0.136. The highest BCUT2D eigenvalue weighted by molar-refractivity contribution is 6.25. The van der Waals surface area contributed by atoms with Gasteiger partial charge in [-0.05, 0) is 87.9 Å². The van der Waals surface area contributed by atoms with Crippen molar-refractivity contribution < 1.29 is 42.1 Å². The zero-order valence-electron chi connectivity index (χ0n) is 37.9. The monoisotopic (exact) mass is 930 g/mol. The molecule has 10 rings (SSSR count). The van der Waals surface area contributed by atoms with Gasteiger partial charge in [-0.3, -0.25) is 48.8 Å². The minimum atomic E-state index is -1.04. The molecule has 2 atom stereocenters. The Morgan fingerprint density at radius 3 is 2.34 bits per heavy atom. The molecule has 0 saturated carbocycles. The van der Waals surface area contributed by atoms with Crippen LogP contribution >= 0.6 is 0 Å². The molecule has 5 aromatic rings. The van der Waals surface area contributed by atoms with E-state index >= 15 is 0 Å². The first-order valence-corrected chi connectivity index (χ1v) is 23.4. The van der Waals surface area contributed by atoms with E-state index in [1.54, 1.807) is 23.1 Å². The van der Waals surface area contributed by atoms with E-state index in [0.29, 0.717) is 82.5 Å². The van der Waals surface area contributed by atoms with Crippen molar-refractivity contribution in [1.29, 1.82) is 0 Å². The first-order chi connectivity index (χ1) is 32.8. The van der Waals surface area contributed by atoms with Gasteiger partial charge in [-0.15, -0.1) is 0 Å². The number of amides is 6. The summed E-state index contributed by atoms with van der Waals surface area (Å²) in [5.41, 5.74) is 5.41. The van der Waals surface area contributed by atoms with Crippen LogP contribution in [0.4, 0.5) is 20.2 Å². The van der Waals surface area contributed by atoms with Gasteiger partial charge in [0.05, 0.1) is 40.4 Å². The average molecular weight is 931 g/mol. The van der Waals surface area contributed by atoms with Crippen LogP contribution < -0.4 is 15.5 Å². The van der Waals surface area contributed by atoms with Gasteiger partial charge in [0.15, 0.2) is 11.6 Å². The van der Waals surface area contributed by atoms with Gasteiger partial charge in [0.25, 0.3) is 11.8 Å². The maximum Gasteiger partial charge on any atom is 0.264 e. The number of imide groups is 2. The molecule has 5 aliphatic heterocycles. The smallest absolute Gasteiger partial charge is 0.264 e. The molecular weight excluding hydrogens is 879 g/mol. The number of piperidine rings is 3. The lowest BCUT2D eigenvalue weighted by Gasteiger charge is -2.39. The summed E-state index contributed by atoms with van der Waals surface area (Å²) in [5.74, 6) is -2.94. The van der Waals surface area contributed by atoms with Crippen LogP contribution in [0.3, 0.4) is 0 Å². The number of hydrogen-bond acceptors (Lipinski definition) is 12. The van der Waals surface area contributed by atoms with Crippen molar-refractivity contribution in [2.24, 2.45) is 0 Å². The standard InChI is InChI=1S/C49H52F2N10O7/c1-28-44(29(2)68-55-28)30-9-12-38-37(25-30)53-46(39-7-4-8-42(63)59(39)32-10-11-34(50)35(51)26-32)60(38)31-15-18-57(19-16-31)27-43(64)58-23-21-56(22-24-58)20-17-52-36-6-3-5-33-45(36)49(67)61(48(33)66)40-13-14-41(62)54-47(40)65/h3,5-6,9-12,25-26,31,39-40,52H,4,7-8,13-24,27H2,1-2H3,(H,54,62,65)/t39-,40?/m0/s1. The quantitative estimate of drug-likeness (QED) is 0.167. The highest BCUT2D eigenvalue weighted by Gasteiger charge is 2.46. The van der Waals surface area contributed by atoms with E-state index in [9.17, 15) is 37.5 Å². The Morgan fingerprint density at radius 2 is 1.60 bits per heavy atom. The highest BCUT2D eigenvalue weighted by Crippen LogP contribution is 2.41. The molecule has 2 aromatic heterocycles. The number of halogens is 2. The van der Waals surface area contributed by atoms with Crippen LogP contribution in [0.2, 0.25) is 0 Å². The number of hydrogen-bond donors (Lipinski definition) is 2. The largest absolute Gasteiger partial charge is 0.383 e. The zero-order chi connectivity index (χ0) is 47.4. The van der Waals surface area contributed by atoms with Crippen LogP contribution in [0.25, 0.3) is 22.2 Å². The molecule has 3 aromatic carbocycles. The first-order valence-electron chi connectivity index (χ1n) is 23.4. The molecule has 19 heteroatoms. The van der Waals surface area contributed by atoms with Crippen molar-refractivity contribution in [3.63, 3.8) is 0 Å². The maximum absolute atomic E-state index is 14.6. The van der Waals surface area contributed by atoms with Crippen molar-refractivity contribution in [1.82, 2.24) is 39.6 Å². The number of carbonyl (C=O) groups is 6. The molecule has 354 valence electrons. The summed E-state index contributed by atoms with van der Waals surface area (Å²) in [6.45, 7) is 8.97. The van der Waals surface area contributed by atoms with Crippen LogP contribution in [0, 0.1) is 25.5 Å².